The van der Waals surface area contributed by atoms with Crippen LogP contribution in [0.25, 0.3) is 0 Å². The van der Waals surface area contributed by atoms with E-state index < -0.39 is 12.0 Å². The number of hydrogen-bond donors (Lipinski definition) is 3. The molecule has 0 aromatic carbocycles. The van der Waals surface area contributed by atoms with E-state index in [-0.39, 0.29) is 6.04 Å². The van der Waals surface area contributed by atoms with E-state index in [1.165, 1.54) is 19.3 Å². The van der Waals surface area contributed by atoms with Crippen LogP contribution in [-0.4, -0.2) is 43.8 Å². The highest BCUT2D eigenvalue weighted by atomic mass is 16.4. The van der Waals surface area contributed by atoms with Crippen molar-refractivity contribution < 1.29 is 9.90 Å². The molecule has 3 N–H and O–H groups in total. The Morgan fingerprint density at radius 2 is 2.21 bits per heavy atom. The van der Waals surface area contributed by atoms with Crippen molar-refractivity contribution in [2.24, 2.45) is 11.8 Å². The van der Waals surface area contributed by atoms with E-state index in [1.54, 1.807) is 0 Å². The first-order chi connectivity index (χ1) is 9.24. The fourth-order valence-corrected chi connectivity index (χ4v) is 3.66. The SMILES string of the molecule is O=C(O)C1CC2CCCCC2C(Cc2nn[nH]n2)N1. The Morgan fingerprint density at radius 3 is 2.95 bits per heavy atom. The summed E-state index contributed by atoms with van der Waals surface area (Å²) in [6.45, 7) is 0. The highest BCUT2D eigenvalue weighted by Crippen LogP contribution is 2.39. The first-order valence-corrected chi connectivity index (χ1v) is 6.95. The van der Waals surface area contributed by atoms with Gasteiger partial charge in [-0.25, -0.2) is 0 Å². The molecule has 1 saturated heterocycles. The van der Waals surface area contributed by atoms with Gasteiger partial charge in [0.2, 0.25) is 0 Å². The molecule has 2 aliphatic rings. The van der Waals surface area contributed by atoms with Crippen LogP contribution in [-0.2, 0) is 11.2 Å². The van der Waals surface area contributed by atoms with Crippen molar-refractivity contribution in [2.75, 3.05) is 0 Å². The lowest BCUT2D eigenvalue weighted by Crippen LogP contribution is -2.56. The predicted molar refractivity (Wildman–Crippen MR) is 66.3 cm³/mol. The van der Waals surface area contributed by atoms with Gasteiger partial charge in [0.1, 0.15) is 6.04 Å². The lowest BCUT2D eigenvalue weighted by Gasteiger charge is -2.44. The minimum Gasteiger partial charge on any atom is -0.480 e. The molecule has 2 fully saturated rings. The average Bonchev–Trinajstić information content (AvgIpc) is 2.91. The van der Waals surface area contributed by atoms with Crippen LogP contribution in [0.3, 0.4) is 0 Å². The number of fused-ring (bicyclic) bond motifs is 1. The van der Waals surface area contributed by atoms with Gasteiger partial charge in [0.15, 0.2) is 5.82 Å². The Bertz CT molecular complexity index is 435. The van der Waals surface area contributed by atoms with Crippen molar-refractivity contribution in [3.05, 3.63) is 5.82 Å². The molecule has 3 rings (SSSR count). The van der Waals surface area contributed by atoms with Crippen LogP contribution in [0.5, 0.6) is 0 Å². The van der Waals surface area contributed by atoms with Crippen LogP contribution < -0.4 is 5.32 Å². The van der Waals surface area contributed by atoms with Crippen LogP contribution >= 0.6 is 0 Å². The van der Waals surface area contributed by atoms with Crippen LogP contribution in [0.4, 0.5) is 0 Å². The lowest BCUT2D eigenvalue weighted by atomic mass is 9.69. The molecular weight excluding hydrogens is 246 g/mol. The first-order valence-electron chi connectivity index (χ1n) is 6.95. The Morgan fingerprint density at radius 1 is 1.37 bits per heavy atom. The Hall–Kier alpha value is -1.50. The summed E-state index contributed by atoms with van der Waals surface area (Å²) < 4.78 is 0. The Labute approximate surface area is 111 Å². The van der Waals surface area contributed by atoms with E-state index in [4.69, 9.17) is 0 Å². The minimum atomic E-state index is -0.748. The number of rotatable bonds is 3. The van der Waals surface area contributed by atoms with E-state index in [2.05, 4.69) is 25.9 Å². The average molecular weight is 265 g/mol. The van der Waals surface area contributed by atoms with Gasteiger partial charge in [0.25, 0.3) is 0 Å². The number of aromatic nitrogens is 4. The maximum Gasteiger partial charge on any atom is 0.320 e. The molecule has 0 amide bonds. The highest BCUT2D eigenvalue weighted by molar-refractivity contribution is 5.73. The summed E-state index contributed by atoms with van der Waals surface area (Å²) >= 11 is 0. The summed E-state index contributed by atoms with van der Waals surface area (Å²) in [6, 6.07) is -0.283. The van der Waals surface area contributed by atoms with Crippen LogP contribution in [0.15, 0.2) is 0 Å². The zero-order valence-electron chi connectivity index (χ0n) is 10.7. The summed E-state index contributed by atoms with van der Waals surface area (Å²) in [6.07, 6.45) is 6.20. The van der Waals surface area contributed by atoms with Crippen LogP contribution in [0.2, 0.25) is 0 Å². The summed E-state index contributed by atoms with van der Waals surface area (Å²) in [5.74, 6) is 0.978. The van der Waals surface area contributed by atoms with Crippen LogP contribution in [0.1, 0.15) is 37.9 Å². The second-order valence-corrected chi connectivity index (χ2v) is 5.64. The first kappa shape index (κ1) is 12.5. The van der Waals surface area contributed by atoms with E-state index in [1.807, 2.05) is 0 Å². The molecule has 1 aromatic heterocycles. The number of nitrogens with one attached hydrogen (secondary N) is 2. The lowest BCUT2D eigenvalue weighted by molar-refractivity contribution is -0.141. The smallest absolute Gasteiger partial charge is 0.320 e. The molecule has 0 bridgehead atoms. The number of aromatic amines is 1. The molecular formula is C12H19N5O2. The molecule has 1 saturated carbocycles. The third kappa shape index (κ3) is 2.60. The number of carboxylic acids is 1. The molecule has 19 heavy (non-hydrogen) atoms. The largest absolute Gasteiger partial charge is 0.480 e. The predicted octanol–water partition coefficient (Wildman–Crippen LogP) is 0.364. The maximum absolute atomic E-state index is 11.3. The zero-order valence-corrected chi connectivity index (χ0v) is 10.7. The van der Waals surface area contributed by atoms with Crippen molar-refractivity contribution in [1.82, 2.24) is 25.9 Å². The topological polar surface area (TPSA) is 104 Å². The second kappa shape index (κ2) is 5.24. The quantitative estimate of drug-likeness (QED) is 0.729. The van der Waals surface area contributed by atoms with Gasteiger partial charge in [-0.3, -0.25) is 4.79 Å². The van der Waals surface area contributed by atoms with Crippen molar-refractivity contribution in [2.45, 2.75) is 50.6 Å². The van der Waals surface area contributed by atoms with Gasteiger partial charge in [-0.2, -0.15) is 5.21 Å². The molecule has 4 unspecified atom stereocenters. The maximum atomic E-state index is 11.3. The number of aliphatic carboxylic acids is 1. The molecule has 1 aliphatic carbocycles. The van der Waals surface area contributed by atoms with Crippen LogP contribution in [0, 0.1) is 11.8 Å². The van der Waals surface area contributed by atoms with Gasteiger partial charge < -0.3 is 10.4 Å². The van der Waals surface area contributed by atoms with Crippen molar-refractivity contribution in [3.63, 3.8) is 0 Å². The van der Waals surface area contributed by atoms with Gasteiger partial charge >= 0.3 is 5.97 Å². The summed E-state index contributed by atoms with van der Waals surface area (Å²) in [7, 11) is 0. The van der Waals surface area contributed by atoms with Crippen molar-refractivity contribution in [3.8, 4) is 0 Å². The normalized spacial score (nSPS) is 34.7. The summed E-state index contributed by atoms with van der Waals surface area (Å²) in [5.41, 5.74) is 0. The van der Waals surface area contributed by atoms with Gasteiger partial charge in [0, 0.05) is 12.5 Å². The molecule has 7 heteroatoms. The van der Waals surface area contributed by atoms with E-state index >= 15 is 0 Å². The fourth-order valence-electron chi connectivity index (χ4n) is 3.66. The molecule has 1 aliphatic heterocycles. The third-order valence-electron chi connectivity index (χ3n) is 4.53. The Balaban J connectivity index is 1.75. The fraction of sp³-hybridized carbons (Fsp3) is 0.833. The molecule has 2 heterocycles. The van der Waals surface area contributed by atoms with E-state index in [9.17, 15) is 9.90 Å². The zero-order chi connectivity index (χ0) is 13.2. The molecule has 1 aromatic rings. The second-order valence-electron chi connectivity index (χ2n) is 5.64. The summed E-state index contributed by atoms with van der Waals surface area (Å²) in [5, 5.41) is 26.5. The van der Waals surface area contributed by atoms with E-state index in [0.29, 0.717) is 24.1 Å². The molecule has 104 valence electrons. The van der Waals surface area contributed by atoms with E-state index in [0.717, 1.165) is 12.8 Å². The number of H-pyrrole nitrogens is 1. The standard InChI is InChI=1S/C12H19N5O2/c18-12(19)10-5-7-3-1-2-4-8(7)9(13-10)6-11-14-16-17-15-11/h7-10,13H,1-6H2,(H,18,19)(H,14,15,16,17). The summed E-state index contributed by atoms with van der Waals surface area (Å²) in [4.78, 5) is 11.3. The number of carbonyl (C=O) groups is 1. The molecule has 0 spiro atoms. The molecule has 0 radical (unpaired) electrons. The van der Waals surface area contributed by atoms with Gasteiger partial charge in [-0.05, 0) is 24.7 Å². The minimum absolute atomic E-state index is 0.151. The number of piperidine rings is 1. The number of nitrogens with zero attached hydrogens (tertiary/aromatic N) is 3. The van der Waals surface area contributed by atoms with Crippen molar-refractivity contribution in [1.29, 1.82) is 0 Å². The Kier molecular flexibility index (Phi) is 3.46. The number of hydrogen-bond acceptors (Lipinski definition) is 5. The number of tetrazole rings is 1. The van der Waals surface area contributed by atoms with Gasteiger partial charge in [0.05, 0.1) is 0 Å². The molecule has 7 nitrogen and oxygen atoms in total. The van der Waals surface area contributed by atoms with Gasteiger partial charge in [-0.1, -0.05) is 24.5 Å². The number of carboxylic acid groups (broad SMARTS) is 1. The van der Waals surface area contributed by atoms with Gasteiger partial charge in [-0.15, -0.1) is 10.2 Å². The monoisotopic (exact) mass is 265 g/mol. The highest BCUT2D eigenvalue weighted by Gasteiger charge is 2.41. The molecule has 4 atom stereocenters. The third-order valence-corrected chi connectivity index (χ3v) is 4.53. The van der Waals surface area contributed by atoms with Crippen molar-refractivity contribution >= 4 is 5.97 Å².